The number of hydrogen-bond acceptors (Lipinski definition) is 4. The number of carbonyl (C=O) groups excluding carboxylic acids is 1. The van der Waals surface area contributed by atoms with E-state index in [0.717, 1.165) is 37.9 Å². The first-order valence-corrected chi connectivity index (χ1v) is 9.38. The van der Waals surface area contributed by atoms with Crippen LogP contribution in [0.1, 0.15) is 47.0 Å². The van der Waals surface area contributed by atoms with Crippen molar-refractivity contribution in [2.45, 2.75) is 58.6 Å². The average molecular weight is 356 g/mol. The number of aliphatic imine (C=N–C) groups is 1. The highest BCUT2D eigenvalue weighted by molar-refractivity contribution is 5.79. The molecule has 1 atom stereocenters. The third-order valence-corrected chi connectivity index (χ3v) is 3.92. The van der Waals surface area contributed by atoms with Crippen LogP contribution in [0.15, 0.2) is 4.99 Å². The normalized spacial score (nSPS) is 16.5. The summed E-state index contributed by atoms with van der Waals surface area (Å²) in [6, 6.07) is 0.518. The number of likely N-dealkylation sites (N-methyl/N-ethyl adjacent to an activating group) is 1. The van der Waals surface area contributed by atoms with E-state index in [1.807, 2.05) is 20.8 Å². The fourth-order valence-electron chi connectivity index (χ4n) is 2.54. The van der Waals surface area contributed by atoms with E-state index < -0.39 is 5.60 Å². The number of amides is 1. The lowest BCUT2D eigenvalue weighted by Crippen LogP contribution is -2.41. The van der Waals surface area contributed by atoms with E-state index in [2.05, 4.69) is 41.9 Å². The number of rotatable bonds is 9. The molecular formula is C18H37N5O2. The molecular weight excluding hydrogens is 318 g/mol. The predicted octanol–water partition coefficient (Wildman–Crippen LogP) is 1.80. The van der Waals surface area contributed by atoms with Gasteiger partial charge in [-0.3, -0.25) is 4.99 Å². The monoisotopic (exact) mass is 355 g/mol. The standard InChI is InChI=1S/C18H37N5O2/c1-7-19-16(22-13-15(23(5)6)14-9-10-14)20-11-8-12-21-17(24)25-18(2,3)4/h14-15H,7-13H2,1-6H3,(H,21,24)(H2,19,20,22). The minimum atomic E-state index is -0.461. The number of nitrogens with one attached hydrogen (secondary N) is 3. The molecule has 7 nitrogen and oxygen atoms in total. The van der Waals surface area contributed by atoms with E-state index in [9.17, 15) is 4.79 Å². The molecule has 0 bridgehead atoms. The summed E-state index contributed by atoms with van der Waals surface area (Å²) in [4.78, 5) is 18.6. The van der Waals surface area contributed by atoms with Crippen molar-refractivity contribution in [3.63, 3.8) is 0 Å². The van der Waals surface area contributed by atoms with Crippen molar-refractivity contribution in [3.05, 3.63) is 0 Å². The molecule has 1 unspecified atom stereocenters. The second-order valence-electron chi connectivity index (χ2n) is 7.80. The SMILES string of the molecule is CCNC(=NCC(C1CC1)N(C)C)NCCCNC(=O)OC(C)(C)C. The first kappa shape index (κ1) is 21.5. The predicted molar refractivity (Wildman–Crippen MR) is 103 cm³/mol. The smallest absolute Gasteiger partial charge is 0.407 e. The second kappa shape index (κ2) is 10.5. The van der Waals surface area contributed by atoms with Gasteiger partial charge in [-0.25, -0.2) is 4.79 Å². The Morgan fingerprint density at radius 1 is 1.20 bits per heavy atom. The largest absolute Gasteiger partial charge is 0.444 e. The molecule has 0 saturated heterocycles. The zero-order valence-corrected chi connectivity index (χ0v) is 16.8. The molecule has 0 aliphatic heterocycles. The van der Waals surface area contributed by atoms with Gasteiger partial charge in [0, 0.05) is 25.7 Å². The summed E-state index contributed by atoms with van der Waals surface area (Å²) in [7, 11) is 4.25. The lowest BCUT2D eigenvalue weighted by atomic mass is 10.2. The average Bonchev–Trinajstić information content (AvgIpc) is 3.29. The first-order chi connectivity index (χ1) is 11.7. The molecule has 1 saturated carbocycles. The minimum Gasteiger partial charge on any atom is -0.444 e. The van der Waals surface area contributed by atoms with Crippen LogP contribution in [0.3, 0.4) is 0 Å². The summed E-state index contributed by atoms with van der Waals surface area (Å²) >= 11 is 0. The van der Waals surface area contributed by atoms with Gasteiger partial charge in [0.25, 0.3) is 0 Å². The topological polar surface area (TPSA) is 78.0 Å². The third kappa shape index (κ3) is 10.2. The van der Waals surface area contributed by atoms with Crippen LogP contribution in [0.4, 0.5) is 4.79 Å². The van der Waals surface area contributed by atoms with Gasteiger partial charge >= 0.3 is 6.09 Å². The van der Waals surface area contributed by atoms with Gasteiger partial charge in [-0.05, 0) is 67.0 Å². The van der Waals surface area contributed by atoms with E-state index in [0.29, 0.717) is 12.6 Å². The van der Waals surface area contributed by atoms with Gasteiger partial charge in [0.2, 0.25) is 0 Å². The second-order valence-corrected chi connectivity index (χ2v) is 7.80. The van der Waals surface area contributed by atoms with Gasteiger partial charge in [0.15, 0.2) is 5.96 Å². The maximum atomic E-state index is 11.6. The molecule has 146 valence electrons. The van der Waals surface area contributed by atoms with Crippen LogP contribution in [0, 0.1) is 5.92 Å². The number of guanidine groups is 1. The molecule has 25 heavy (non-hydrogen) atoms. The van der Waals surface area contributed by atoms with Crippen LogP contribution in [0.5, 0.6) is 0 Å². The summed E-state index contributed by atoms with van der Waals surface area (Å²) in [5, 5.41) is 9.37. The molecule has 0 aromatic carbocycles. The highest BCUT2D eigenvalue weighted by Gasteiger charge is 2.32. The lowest BCUT2D eigenvalue weighted by Gasteiger charge is -2.23. The molecule has 0 aromatic heterocycles. The number of hydrogen-bond donors (Lipinski definition) is 3. The van der Waals surface area contributed by atoms with Crippen LogP contribution in [0.2, 0.25) is 0 Å². The molecule has 1 amide bonds. The highest BCUT2D eigenvalue weighted by atomic mass is 16.6. The molecule has 1 aliphatic rings. The van der Waals surface area contributed by atoms with Crippen LogP contribution in [-0.2, 0) is 4.74 Å². The van der Waals surface area contributed by atoms with Gasteiger partial charge in [0.1, 0.15) is 5.60 Å². The Kier molecular flexibility index (Phi) is 9.03. The van der Waals surface area contributed by atoms with Crippen LogP contribution >= 0.6 is 0 Å². The summed E-state index contributed by atoms with van der Waals surface area (Å²) in [6.07, 6.45) is 3.08. The van der Waals surface area contributed by atoms with E-state index in [1.54, 1.807) is 0 Å². The van der Waals surface area contributed by atoms with Gasteiger partial charge in [-0.15, -0.1) is 0 Å². The number of nitrogens with zero attached hydrogens (tertiary/aromatic N) is 2. The van der Waals surface area contributed by atoms with E-state index in [1.165, 1.54) is 12.8 Å². The molecule has 0 radical (unpaired) electrons. The maximum Gasteiger partial charge on any atom is 0.407 e. The molecule has 0 spiro atoms. The van der Waals surface area contributed by atoms with Crippen molar-refractivity contribution in [1.82, 2.24) is 20.9 Å². The van der Waals surface area contributed by atoms with Gasteiger partial charge < -0.3 is 25.6 Å². The Balaban J connectivity index is 2.28. The molecule has 3 N–H and O–H groups in total. The number of alkyl carbamates (subject to hydrolysis) is 1. The van der Waals surface area contributed by atoms with Gasteiger partial charge in [-0.1, -0.05) is 0 Å². The Labute approximate surface area is 153 Å². The van der Waals surface area contributed by atoms with Crippen LogP contribution < -0.4 is 16.0 Å². The highest BCUT2D eigenvalue weighted by Crippen LogP contribution is 2.34. The number of ether oxygens (including phenoxy) is 1. The number of carbonyl (C=O) groups is 1. The zero-order valence-electron chi connectivity index (χ0n) is 16.8. The van der Waals surface area contributed by atoms with E-state index in [-0.39, 0.29) is 6.09 Å². The first-order valence-electron chi connectivity index (χ1n) is 9.38. The Morgan fingerprint density at radius 2 is 1.84 bits per heavy atom. The van der Waals surface area contributed by atoms with Crippen molar-refractivity contribution in [2.24, 2.45) is 10.9 Å². The molecule has 7 heteroatoms. The Hall–Kier alpha value is -1.50. The molecule has 0 aromatic rings. The summed E-state index contributed by atoms with van der Waals surface area (Å²) in [5.41, 5.74) is -0.461. The quantitative estimate of drug-likeness (QED) is 0.334. The molecule has 1 rings (SSSR count). The van der Waals surface area contributed by atoms with E-state index >= 15 is 0 Å². The lowest BCUT2D eigenvalue weighted by molar-refractivity contribution is 0.0527. The third-order valence-electron chi connectivity index (χ3n) is 3.92. The summed E-state index contributed by atoms with van der Waals surface area (Å²) in [6.45, 7) is 10.6. The summed E-state index contributed by atoms with van der Waals surface area (Å²) < 4.78 is 5.21. The van der Waals surface area contributed by atoms with Crippen molar-refractivity contribution in [3.8, 4) is 0 Å². The van der Waals surface area contributed by atoms with Crippen molar-refractivity contribution in [1.29, 1.82) is 0 Å². The fourth-order valence-corrected chi connectivity index (χ4v) is 2.54. The van der Waals surface area contributed by atoms with Gasteiger partial charge in [0.05, 0.1) is 6.54 Å². The summed E-state index contributed by atoms with van der Waals surface area (Å²) in [5.74, 6) is 1.63. The van der Waals surface area contributed by atoms with E-state index in [4.69, 9.17) is 9.73 Å². The minimum absolute atomic E-state index is 0.369. The zero-order chi connectivity index (χ0) is 18.9. The van der Waals surface area contributed by atoms with Crippen LogP contribution in [0.25, 0.3) is 0 Å². The van der Waals surface area contributed by atoms with Crippen molar-refractivity contribution in [2.75, 3.05) is 40.3 Å². The maximum absolute atomic E-state index is 11.6. The van der Waals surface area contributed by atoms with Gasteiger partial charge in [-0.2, -0.15) is 0 Å². The Morgan fingerprint density at radius 3 is 2.36 bits per heavy atom. The molecule has 0 heterocycles. The van der Waals surface area contributed by atoms with Crippen molar-refractivity contribution >= 4 is 12.1 Å². The Bertz CT molecular complexity index is 426. The fraction of sp³-hybridized carbons (Fsp3) is 0.889. The molecule has 1 fully saturated rings. The van der Waals surface area contributed by atoms with Crippen LogP contribution in [-0.4, -0.2) is 68.9 Å². The molecule has 1 aliphatic carbocycles. The van der Waals surface area contributed by atoms with Crippen molar-refractivity contribution < 1.29 is 9.53 Å².